The first-order valence-electron chi connectivity index (χ1n) is 5.03. The Labute approximate surface area is 86.1 Å². The molecule has 0 aromatic heterocycles. The Hall–Kier alpha value is 0.270. The summed E-state index contributed by atoms with van der Waals surface area (Å²) >= 11 is 1.85. The van der Waals surface area contributed by atoms with Crippen LogP contribution in [-0.4, -0.2) is 36.4 Å². The Bertz CT molecular complexity index is 96.9. The Morgan fingerprint density at radius 3 is 2.62 bits per heavy atom. The zero-order chi connectivity index (χ0) is 9.94. The lowest BCUT2D eigenvalue weighted by Crippen LogP contribution is -2.02. The van der Waals surface area contributed by atoms with E-state index in [9.17, 15) is 0 Å². The maximum Gasteiger partial charge on any atom is 0.0556 e. The summed E-state index contributed by atoms with van der Waals surface area (Å²) in [5, 5.41) is 8.52. The number of aliphatic hydroxyl groups is 1. The van der Waals surface area contributed by atoms with Crippen LogP contribution in [0.2, 0.25) is 0 Å². The molecular weight excluding hydrogens is 184 g/mol. The highest BCUT2D eigenvalue weighted by molar-refractivity contribution is 7.99. The fraction of sp³-hybridized carbons (Fsp3) is 1.00. The molecule has 13 heavy (non-hydrogen) atoms. The quantitative estimate of drug-likeness (QED) is 0.586. The summed E-state index contributed by atoms with van der Waals surface area (Å²) in [7, 11) is 0. The Balaban J connectivity index is 2.84. The second kappa shape index (κ2) is 10.4. The normalized spacial score (nSPS) is 11.1. The maximum atomic E-state index is 8.52. The summed E-state index contributed by atoms with van der Waals surface area (Å²) in [4.78, 5) is 0. The van der Waals surface area contributed by atoms with Crippen molar-refractivity contribution in [2.24, 2.45) is 5.92 Å². The van der Waals surface area contributed by atoms with Gasteiger partial charge >= 0.3 is 0 Å². The van der Waals surface area contributed by atoms with Gasteiger partial charge in [-0.2, -0.15) is 11.8 Å². The summed E-state index contributed by atoms with van der Waals surface area (Å²) in [5.41, 5.74) is 0. The van der Waals surface area contributed by atoms with Crippen molar-refractivity contribution in [2.75, 3.05) is 31.3 Å². The van der Waals surface area contributed by atoms with E-state index in [0.717, 1.165) is 43.5 Å². The first kappa shape index (κ1) is 13.3. The van der Waals surface area contributed by atoms with Crippen molar-refractivity contribution in [3.63, 3.8) is 0 Å². The summed E-state index contributed by atoms with van der Waals surface area (Å²) in [5.74, 6) is 2.84. The van der Waals surface area contributed by atoms with Crippen molar-refractivity contribution in [1.29, 1.82) is 0 Å². The predicted octanol–water partition coefficient (Wildman–Crippen LogP) is 2.16. The third kappa shape index (κ3) is 12.3. The SMILES string of the molecule is CC(C)CCOCCSCCCO. The average Bonchev–Trinajstić information content (AvgIpc) is 2.09. The molecule has 0 saturated carbocycles. The van der Waals surface area contributed by atoms with Gasteiger partial charge in [-0.3, -0.25) is 0 Å². The topological polar surface area (TPSA) is 29.5 Å². The molecule has 0 radical (unpaired) electrons. The van der Waals surface area contributed by atoms with E-state index in [1.54, 1.807) is 0 Å². The highest BCUT2D eigenvalue weighted by Gasteiger charge is 1.94. The van der Waals surface area contributed by atoms with Crippen LogP contribution in [0, 0.1) is 5.92 Å². The Morgan fingerprint density at radius 1 is 1.23 bits per heavy atom. The highest BCUT2D eigenvalue weighted by atomic mass is 32.2. The van der Waals surface area contributed by atoms with Gasteiger partial charge in [-0.25, -0.2) is 0 Å². The van der Waals surface area contributed by atoms with Gasteiger partial charge in [0.25, 0.3) is 0 Å². The fourth-order valence-electron chi connectivity index (χ4n) is 0.808. The second-order valence-corrected chi connectivity index (χ2v) is 4.71. The summed E-state index contributed by atoms with van der Waals surface area (Å²) in [6, 6.07) is 0. The molecule has 1 N–H and O–H groups in total. The van der Waals surface area contributed by atoms with Gasteiger partial charge in [-0.1, -0.05) is 13.8 Å². The van der Waals surface area contributed by atoms with E-state index in [-0.39, 0.29) is 0 Å². The van der Waals surface area contributed by atoms with Crippen LogP contribution < -0.4 is 0 Å². The maximum absolute atomic E-state index is 8.52. The molecular formula is C10H22O2S. The third-order valence-corrected chi connectivity index (χ3v) is 2.69. The number of hydrogen-bond acceptors (Lipinski definition) is 3. The highest BCUT2D eigenvalue weighted by Crippen LogP contribution is 2.03. The van der Waals surface area contributed by atoms with Crippen molar-refractivity contribution in [1.82, 2.24) is 0 Å². The summed E-state index contributed by atoms with van der Waals surface area (Å²) < 4.78 is 5.44. The molecule has 0 saturated heterocycles. The standard InChI is InChI=1S/C10H22O2S/c1-10(2)4-6-12-7-9-13-8-3-5-11/h10-11H,3-9H2,1-2H3. The van der Waals surface area contributed by atoms with Crippen LogP contribution in [-0.2, 0) is 4.74 Å². The first-order valence-corrected chi connectivity index (χ1v) is 6.19. The van der Waals surface area contributed by atoms with Crippen LogP contribution in [0.25, 0.3) is 0 Å². The lowest BCUT2D eigenvalue weighted by atomic mass is 10.1. The van der Waals surface area contributed by atoms with Gasteiger partial charge in [0.1, 0.15) is 0 Å². The van der Waals surface area contributed by atoms with E-state index in [1.807, 2.05) is 11.8 Å². The van der Waals surface area contributed by atoms with Gasteiger partial charge in [0, 0.05) is 19.0 Å². The van der Waals surface area contributed by atoms with Crippen LogP contribution in [0.1, 0.15) is 26.7 Å². The minimum absolute atomic E-state index is 0.307. The van der Waals surface area contributed by atoms with E-state index in [4.69, 9.17) is 9.84 Å². The number of hydrogen-bond donors (Lipinski definition) is 1. The smallest absolute Gasteiger partial charge is 0.0556 e. The van der Waals surface area contributed by atoms with Crippen LogP contribution >= 0.6 is 11.8 Å². The average molecular weight is 206 g/mol. The minimum atomic E-state index is 0.307. The third-order valence-electron chi connectivity index (χ3n) is 1.66. The molecule has 0 spiro atoms. The molecule has 0 rings (SSSR count). The van der Waals surface area contributed by atoms with Gasteiger partial charge in [0.05, 0.1) is 6.61 Å². The molecule has 80 valence electrons. The molecule has 0 fully saturated rings. The molecule has 0 atom stereocenters. The number of thioether (sulfide) groups is 1. The number of ether oxygens (including phenoxy) is 1. The molecule has 0 aliphatic rings. The molecule has 0 aliphatic carbocycles. The molecule has 0 unspecified atom stereocenters. The molecule has 0 aromatic carbocycles. The lowest BCUT2D eigenvalue weighted by molar-refractivity contribution is 0.138. The lowest BCUT2D eigenvalue weighted by Gasteiger charge is -2.05. The van der Waals surface area contributed by atoms with Crippen molar-refractivity contribution in [3.8, 4) is 0 Å². The molecule has 0 aliphatic heterocycles. The molecule has 0 heterocycles. The second-order valence-electron chi connectivity index (χ2n) is 3.48. The van der Waals surface area contributed by atoms with Gasteiger partial charge in [0.15, 0.2) is 0 Å². The summed E-state index contributed by atoms with van der Waals surface area (Å²) in [6.07, 6.45) is 2.05. The first-order chi connectivity index (χ1) is 6.27. The van der Waals surface area contributed by atoms with Gasteiger partial charge in [-0.15, -0.1) is 0 Å². The molecule has 0 aromatic rings. The van der Waals surface area contributed by atoms with E-state index in [0.29, 0.717) is 6.61 Å². The predicted molar refractivity (Wildman–Crippen MR) is 59.3 cm³/mol. The minimum Gasteiger partial charge on any atom is -0.396 e. The van der Waals surface area contributed by atoms with E-state index < -0.39 is 0 Å². The van der Waals surface area contributed by atoms with Crippen molar-refractivity contribution in [3.05, 3.63) is 0 Å². The Kier molecular flexibility index (Phi) is 10.6. The molecule has 0 bridgehead atoms. The number of rotatable bonds is 9. The van der Waals surface area contributed by atoms with Gasteiger partial charge in [0.2, 0.25) is 0 Å². The van der Waals surface area contributed by atoms with Crippen LogP contribution in [0.5, 0.6) is 0 Å². The fourth-order valence-corrected chi connectivity index (χ4v) is 1.58. The number of aliphatic hydroxyl groups excluding tert-OH is 1. The van der Waals surface area contributed by atoms with Crippen molar-refractivity contribution in [2.45, 2.75) is 26.7 Å². The van der Waals surface area contributed by atoms with E-state index in [1.165, 1.54) is 0 Å². The molecule has 3 heteroatoms. The van der Waals surface area contributed by atoms with Gasteiger partial charge < -0.3 is 9.84 Å². The molecule has 0 amide bonds. The van der Waals surface area contributed by atoms with E-state index in [2.05, 4.69) is 13.8 Å². The van der Waals surface area contributed by atoms with E-state index >= 15 is 0 Å². The zero-order valence-electron chi connectivity index (χ0n) is 8.79. The van der Waals surface area contributed by atoms with Gasteiger partial charge in [-0.05, 0) is 24.5 Å². The van der Waals surface area contributed by atoms with Crippen molar-refractivity contribution < 1.29 is 9.84 Å². The van der Waals surface area contributed by atoms with Crippen molar-refractivity contribution >= 4 is 11.8 Å². The van der Waals surface area contributed by atoms with Crippen LogP contribution in [0.3, 0.4) is 0 Å². The Morgan fingerprint density at radius 2 is 2.00 bits per heavy atom. The van der Waals surface area contributed by atoms with Crippen LogP contribution in [0.15, 0.2) is 0 Å². The monoisotopic (exact) mass is 206 g/mol. The summed E-state index contributed by atoms with van der Waals surface area (Å²) in [6.45, 7) is 6.46. The van der Waals surface area contributed by atoms with Crippen LogP contribution in [0.4, 0.5) is 0 Å². The largest absolute Gasteiger partial charge is 0.396 e. The molecule has 2 nitrogen and oxygen atoms in total. The zero-order valence-corrected chi connectivity index (χ0v) is 9.61.